The molecule has 3 heteroatoms. The highest BCUT2D eigenvalue weighted by atomic mass is 35.5. The van der Waals surface area contributed by atoms with E-state index in [1.165, 1.54) is 0 Å². The van der Waals surface area contributed by atoms with Crippen molar-refractivity contribution in [2.24, 2.45) is 5.73 Å². The van der Waals surface area contributed by atoms with Gasteiger partial charge in [0.25, 0.3) is 0 Å². The van der Waals surface area contributed by atoms with Crippen LogP contribution in [0.25, 0.3) is 0 Å². The summed E-state index contributed by atoms with van der Waals surface area (Å²) in [6, 6.07) is 0. The third-order valence-corrected chi connectivity index (χ3v) is 0.976. The van der Waals surface area contributed by atoms with Crippen LogP contribution in [0.3, 0.4) is 0 Å². The number of nitrogens with two attached hydrogens (primary N) is 1. The van der Waals surface area contributed by atoms with E-state index in [0.29, 0.717) is 6.10 Å². The van der Waals surface area contributed by atoms with Crippen LogP contribution < -0.4 is 5.73 Å². The SMILES string of the molecule is COC(C)CCN.Cl. The Morgan fingerprint density at radius 3 is 2.25 bits per heavy atom. The van der Waals surface area contributed by atoms with Gasteiger partial charge in [-0.25, -0.2) is 0 Å². The summed E-state index contributed by atoms with van der Waals surface area (Å²) in [5.74, 6) is 0. The first-order valence-corrected chi connectivity index (χ1v) is 2.54. The van der Waals surface area contributed by atoms with Crippen LogP contribution in [0.2, 0.25) is 0 Å². The van der Waals surface area contributed by atoms with Crippen molar-refractivity contribution >= 4 is 12.4 Å². The van der Waals surface area contributed by atoms with E-state index in [9.17, 15) is 0 Å². The highest BCUT2D eigenvalue weighted by molar-refractivity contribution is 5.85. The van der Waals surface area contributed by atoms with Gasteiger partial charge in [0.15, 0.2) is 0 Å². The summed E-state index contributed by atoms with van der Waals surface area (Å²) in [5, 5.41) is 0. The molecule has 0 amide bonds. The van der Waals surface area contributed by atoms with Crippen molar-refractivity contribution in [3.8, 4) is 0 Å². The Bertz CT molecular complexity index is 43.4. The van der Waals surface area contributed by atoms with E-state index in [1.54, 1.807) is 7.11 Å². The summed E-state index contributed by atoms with van der Waals surface area (Å²) in [6.45, 7) is 2.72. The minimum Gasteiger partial charge on any atom is -0.382 e. The van der Waals surface area contributed by atoms with Gasteiger partial charge in [-0.1, -0.05) is 0 Å². The second-order valence-corrected chi connectivity index (χ2v) is 1.62. The number of rotatable bonds is 3. The summed E-state index contributed by atoms with van der Waals surface area (Å²) in [4.78, 5) is 0. The quantitative estimate of drug-likeness (QED) is 0.628. The summed E-state index contributed by atoms with van der Waals surface area (Å²) in [6.07, 6.45) is 1.28. The van der Waals surface area contributed by atoms with Crippen molar-refractivity contribution in [3.05, 3.63) is 0 Å². The predicted molar refractivity (Wildman–Crippen MR) is 37.4 cm³/mol. The van der Waals surface area contributed by atoms with Crippen LogP contribution in [0.4, 0.5) is 0 Å². The van der Waals surface area contributed by atoms with Crippen molar-refractivity contribution in [3.63, 3.8) is 0 Å². The molecule has 0 radical (unpaired) electrons. The van der Waals surface area contributed by atoms with Crippen LogP contribution in [0.15, 0.2) is 0 Å². The highest BCUT2D eigenvalue weighted by Gasteiger charge is 1.92. The molecule has 0 bridgehead atoms. The molecular formula is C5H14ClNO. The minimum absolute atomic E-state index is 0. The van der Waals surface area contributed by atoms with Gasteiger partial charge < -0.3 is 10.5 Å². The molecule has 2 nitrogen and oxygen atoms in total. The van der Waals surface area contributed by atoms with Crippen molar-refractivity contribution in [1.29, 1.82) is 0 Å². The largest absolute Gasteiger partial charge is 0.382 e. The maximum atomic E-state index is 5.22. The third-order valence-electron chi connectivity index (χ3n) is 0.976. The fourth-order valence-electron chi connectivity index (χ4n) is 0.353. The Morgan fingerprint density at radius 2 is 2.12 bits per heavy atom. The van der Waals surface area contributed by atoms with Gasteiger partial charge in [-0.3, -0.25) is 0 Å². The fraction of sp³-hybridized carbons (Fsp3) is 1.00. The third kappa shape index (κ3) is 6.21. The Kier molecular flexibility index (Phi) is 9.97. The van der Waals surface area contributed by atoms with Gasteiger partial charge in [-0.15, -0.1) is 12.4 Å². The lowest BCUT2D eigenvalue weighted by molar-refractivity contribution is 0.113. The lowest BCUT2D eigenvalue weighted by Crippen LogP contribution is -2.11. The number of hydrogen-bond donors (Lipinski definition) is 1. The zero-order valence-corrected chi connectivity index (χ0v) is 6.20. The summed E-state index contributed by atoms with van der Waals surface area (Å²) in [7, 11) is 1.69. The van der Waals surface area contributed by atoms with Gasteiger partial charge in [-0.2, -0.15) is 0 Å². The minimum atomic E-state index is 0. The van der Waals surface area contributed by atoms with Gasteiger partial charge in [0.1, 0.15) is 0 Å². The number of halogens is 1. The van der Waals surface area contributed by atoms with E-state index in [1.807, 2.05) is 6.92 Å². The Balaban J connectivity index is 0. The number of hydrogen-bond acceptors (Lipinski definition) is 2. The maximum absolute atomic E-state index is 5.22. The average molecular weight is 140 g/mol. The molecule has 0 aliphatic rings. The zero-order chi connectivity index (χ0) is 5.70. The van der Waals surface area contributed by atoms with E-state index in [-0.39, 0.29) is 12.4 Å². The summed E-state index contributed by atoms with van der Waals surface area (Å²) >= 11 is 0. The topological polar surface area (TPSA) is 35.2 Å². The molecule has 2 N–H and O–H groups in total. The smallest absolute Gasteiger partial charge is 0.0555 e. The van der Waals surface area contributed by atoms with Gasteiger partial charge >= 0.3 is 0 Å². The van der Waals surface area contributed by atoms with E-state index in [0.717, 1.165) is 13.0 Å². The van der Waals surface area contributed by atoms with Gasteiger partial charge in [0.2, 0.25) is 0 Å². The summed E-state index contributed by atoms with van der Waals surface area (Å²) < 4.78 is 4.91. The first-order valence-electron chi connectivity index (χ1n) is 2.54. The molecule has 52 valence electrons. The molecule has 0 aromatic rings. The Hall–Kier alpha value is 0.210. The molecule has 1 atom stereocenters. The average Bonchev–Trinajstić information content (AvgIpc) is 1.68. The maximum Gasteiger partial charge on any atom is 0.0555 e. The van der Waals surface area contributed by atoms with Gasteiger partial charge in [0.05, 0.1) is 6.10 Å². The molecule has 0 rings (SSSR count). The van der Waals surface area contributed by atoms with Crippen LogP contribution in [0.5, 0.6) is 0 Å². The molecule has 8 heavy (non-hydrogen) atoms. The molecule has 0 fully saturated rings. The summed E-state index contributed by atoms with van der Waals surface area (Å²) in [5.41, 5.74) is 5.22. The molecule has 0 aliphatic heterocycles. The van der Waals surface area contributed by atoms with Crippen LogP contribution in [-0.4, -0.2) is 19.8 Å². The zero-order valence-electron chi connectivity index (χ0n) is 5.39. The second-order valence-electron chi connectivity index (χ2n) is 1.62. The van der Waals surface area contributed by atoms with Crippen LogP contribution in [0.1, 0.15) is 13.3 Å². The molecule has 0 aromatic carbocycles. The lowest BCUT2D eigenvalue weighted by Gasteiger charge is -2.04. The fourth-order valence-corrected chi connectivity index (χ4v) is 0.353. The normalized spacial score (nSPS) is 12.4. The van der Waals surface area contributed by atoms with Crippen molar-refractivity contribution in [2.45, 2.75) is 19.4 Å². The standard InChI is InChI=1S/C5H13NO.ClH/c1-5(7-2)3-4-6;/h5H,3-4,6H2,1-2H3;1H. The number of ether oxygens (including phenoxy) is 1. The molecule has 1 unspecified atom stereocenters. The first-order chi connectivity index (χ1) is 3.31. The van der Waals surface area contributed by atoms with Crippen LogP contribution in [-0.2, 0) is 4.74 Å². The van der Waals surface area contributed by atoms with Crippen LogP contribution in [0, 0.1) is 0 Å². The van der Waals surface area contributed by atoms with Gasteiger partial charge in [0, 0.05) is 7.11 Å². The van der Waals surface area contributed by atoms with Crippen molar-refractivity contribution in [1.82, 2.24) is 0 Å². The molecule has 0 heterocycles. The van der Waals surface area contributed by atoms with E-state index >= 15 is 0 Å². The molecular weight excluding hydrogens is 126 g/mol. The van der Waals surface area contributed by atoms with Crippen molar-refractivity contribution < 1.29 is 4.74 Å². The molecule has 0 aromatic heterocycles. The Morgan fingerprint density at radius 1 is 1.62 bits per heavy atom. The molecule has 0 aliphatic carbocycles. The molecule has 0 spiro atoms. The second kappa shape index (κ2) is 7.21. The van der Waals surface area contributed by atoms with E-state index in [4.69, 9.17) is 10.5 Å². The number of methoxy groups -OCH3 is 1. The predicted octanol–water partition coefficient (Wildman–Crippen LogP) is 0.792. The van der Waals surface area contributed by atoms with Gasteiger partial charge in [-0.05, 0) is 19.9 Å². The monoisotopic (exact) mass is 139 g/mol. The Labute approximate surface area is 56.8 Å². The first kappa shape index (κ1) is 11.1. The lowest BCUT2D eigenvalue weighted by atomic mass is 10.3. The van der Waals surface area contributed by atoms with Crippen LogP contribution >= 0.6 is 12.4 Å². The van der Waals surface area contributed by atoms with E-state index < -0.39 is 0 Å². The highest BCUT2D eigenvalue weighted by Crippen LogP contribution is 1.89. The molecule has 0 saturated carbocycles. The molecule has 0 saturated heterocycles. The van der Waals surface area contributed by atoms with E-state index in [2.05, 4.69) is 0 Å². The van der Waals surface area contributed by atoms with Crippen molar-refractivity contribution in [2.75, 3.05) is 13.7 Å².